The molecule has 0 unspecified atom stereocenters. The molecule has 36 heavy (non-hydrogen) atoms. The number of rotatable bonds is 3. The zero-order valence-corrected chi connectivity index (χ0v) is 20.0. The van der Waals surface area contributed by atoms with E-state index in [2.05, 4.69) is 48.5 Å². The van der Waals surface area contributed by atoms with Crippen LogP contribution in [-0.2, 0) is 0 Å². The predicted molar refractivity (Wildman–Crippen MR) is 141 cm³/mol. The first-order valence-electron chi connectivity index (χ1n) is 12.0. The SMILES string of the molecule is O=C1Oc2cc3c(c4cccc1c24)O[C@H](c1ccccc1)[C@@H](c1ccccc1)[C@@H]3c1ccc(Cl)cc1. The molecule has 3 atom stereocenters. The highest BCUT2D eigenvalue weighted by atomic mass is 35.5. The number of hydrogen-bond acceptors (Lipinski definition) is 3. The van der Waals surface area contributed by atoms with Gasteiger partial charge in [-0.2, -0.15) is 0 Å². The van der Waals surface area contributed by atoms with Gasteiger partial charge in [0.05, 0.1) is 5.56 Å². The average molecular weight is 489 g/mol. The number of carbonyl (C=O) groups is 1. The average Bonchev–Trinajstić information content (AvgIpc) is 3.25. The van der Waals surface area contributed by atoms with Crippen LogP contribution in [0.15, 0.2) is 109 Å². The van der Waals surface area contributed by atoms with Gasteiger partial charge in [0.2, 0.25) is 0 Å². The van der Waals surface area contributed by atoms with Gasteiger partial charge in [-0.15, -0.1) is 0 Å². The monoisotopic (exact) mass is 488 g/mol. The summed E-state index contributed by atoms with van der Waals surface area (Å²) in [5.41, 5.74) is 5.00. The number of hydrogen-bond donors (Lipinski definition) is 0. The van der Waals surface area contributed by atoms with Crippen LogP contribution in [0.3, 0.4) is 0 Å². The first-order valence-corrected chi connectivity index (χ1v) is 12.4. The third kappa shape index (κ3) is 3.24. The van der Waals surface area contributed by atoms with Crippen molar-refractivity contribution in [2.75, 3.05) is 0 Å². The fourth-order valence-electron chi connectivity index (χ4n) is 5.80. The van der Waals surface area contributed by atoms with Crippen molar-refractivity contribution in [1.29, 1.82) is 0 Å². The minimum atomic E-state index is -0.319. The van der Waals surface area contributed by atoms with E-state index >= 15 is 0 Å². The van der Waals surface area contributed by atoms with Crippen molar-refractivity contribution < 1.29 is 14.3 Å². The van der Waals surface area contributed by atoms with Crippen LogP contribution in [0.25, 0.3) is 10.8 Å². The van der Waals surface area contributed by atoms with E-state index in [0.29, 0.717) is 16.3 Å². The summed E-state index contributed by atoms with van der Waals surface area (Å²) in [6.45, 7) is 0. The van der Waals surface area contributed by atoms with Gasteiger partial charge in [0.25, 0.3) is 0 Å². The molecule has 2 aliphatic rings. The third-order valence-corrected chi connectivity index (χ3v) is 7.59. The number of esters is 1. The molecule has 4 heteroatoms. The minimum absolute atomic E-state index is 0.0211. The number of carbonyl (C=O) groups excluding carboxylic acids is 1. The second-order valence-electron chi connectivity index (χ2n) is 9.33. The highest BCUT2D eigenvalue weighted by Crippen LogP contribution is 2.57. The highest BCUT2D eigenvalue weighted by Gasteiger charge is 2.43. The van der Waals surface area contributed by atoms with Crippen molar-refractivity contribution in [3.8, 4) is 11.5 Å². The van der Waals surface area contributed by atoms with E-state index in [9.17, 15) is 4.79 Å². The first kappa shape index (κ1) is 21.2. The van der Waals surface area contributed by atoms with Crippen molar-refractivity contribution in [3.05, 3.63) is 142 Å². The summed E-state index contributed by atoms with van der Waals surface area (Å²) in [4.78, 5) is 12.6. The minimum Gasteiger partial charge on any atom is -0.484 e. The fraction of sp³-hybridized carbons (Fsp3) is 0.0938. The van der Waals surface area contributed by atoms with Gasteiger partial charge in [-0.1, -0.05) is 96.5 Å². The molecule has 0 amide bonds. The van der Waals surface area contributed by atoms with Gasteiger partial charge >= 0.3 is 5.97 Å². The molecule has 0 spiro atoms. The van der Waals surface area contributed by atoms with Gasteiger partial charge in [0.1, 0.15) is 17.6 Å². The van der Waals surface area contributed by atoms with Gasteiger partial charge in [-0.05, 0) is 41.0 Å². The summed E-state index contributed by atoms with van der Waals surface area (Å²) in [5, 5.41) is 2.41. The summed E-state index contributed by atoms with van der Waals surface area (Å²) < 4.78 is 12.7. The second kappa shape index (κ2) is 8.25. The summed E-state index contributed by atoms with van der Waals surface area (Å²) in [6.07, 6.45) is -0.239. The molecule has 0 saturated carbocycles. The van der Waals surface area contributed by atoms with E-state index in [1.807, 2.05) is 60.7 Å². The molecule has 0 aromatic heterocycles. The van der Waals surface area contributed by atoms with Crippen molar-refractivity contribution in [3.63, 3.8) is 0 Å². The molecule has 0 radical (unpaired) electrons. The summed E-state index contributed by atoms with van der Waals surface area (Å²) in [6, 6.07) is 36.6. The second-order valence-corrected chi connectivity index (χ2v) is 9.76. The molecule has 0 fully saturated rings. The first-order chi connectivity index (χ1) is 17.7. The Bertz CT molecular complexity index is 1610. The largest absolute Gasteiger partial charge is 0.484 e. The van der Waals surface area contributed by atoms with Crippen LogP contribution in [0.5, 0.6) is 11.5 Å². The van der Waals surface area contributed by atoms with Crippen molar-refractivity contribution in [2.45, 2.75) is 17.9 Å². The van der Waals surface area contributed by atoms with E-state index in [4.69, 9.17) is 21.1 Å². The predicted octanol–water partition coefficient (Wildman–Crippen LogP) is 8.08. The quantitative estimate of drug-likeness (QED) is 0.190. The van der Waals surface area contributed by atoms with Crippen LogP contribution in [0.2, 0.25) is 5.02 Å². The molecular formula is C32H21ClO3. The standard InChI is InChI=1S/C32H21ClO3/c33-22-16-14-20(15-17-22)27-25-18-26-29-23(12-7-13-24(29)32(34)35-26)31(25)36-30(21-10-5-2-6-11-21)28(27)19-8-3-1-4-9-19/h1-18,27-28,30H/t27-,28+,30-/m1/s1. The molecular weight excluding hydrogens is 468 g/mol. The lowest BCUT2D eigenvalue weighted by Gasteiger charge is -2.41. The lowest BCUT2D eigenvalue weighted by Crippen LogP contribution is -2.29. The zero-order chi connectivity index (χ0) is 24.2. The molecule has 174 valence electrons. The Morgan fingerprint density at radius 1 is 0.694 bits per heavy atom. The van der Waals surface area contributed by atoms with Gasteiger partial charge in [0.15, 0.2) is 0 Å². The molecule has 2 aliphatic heterocycles. The Labute approximate surface area is 213 Å². The molecule has 0 bridgehead atoms. The Hall–Kier alpha value is -4.08. The van der Waals surface area contributed by atoms with Crippen LogP contribution in [0.1, 0.15) is 50.6 Å². The molecule has 0 aliphatic carbocycles. The van der Waals surface area contributed by atoms with Crippen molar-refractivity contribution in [1.82, 2.24) is 0 Å². The number of halogens is 1. The van der Waals surface area contributed by atoms with Gasteiger partial charge in [-0.25, -0.2) is 4.79 Å². The smallest absolute Gasteiger partial charge is 0.344 e. The Balaban J connectivity index is 1.56. The lowest BCUT2D eigenvalue weighted by atomic mass is 9.70. The third-order valence-electron chi connectivity index (χ3n) is 7.33. The Morgan fingerprint density at radius 2 is 1.39 bits per heavy atom. The Kier molecular flexibility index (Phi) is 4.86. The van der Waals surface area contributed by atoms with Crippen LogP contribution >= 0.6 is 11.6 Å². The van der Waals surface area contributed by atoms with Gasteiger partial charge in [0, 0.05) is 33.2 Å². The molecule has 2 heterocycles. The maximum atomic E-state index is 12.6. The van der Waals surface area contributed by atoms with Gasteiger partial charge in [-0.3, -0.25) is 0 Å². The number of fused-ring (bicyclic) bond motifs is 2. The maximum Gasteiger partial charge on any atom is 0.344 e. The van der Waals surface area contributed by atoms with Crippen LogP contribution in [0.4, 0.5) is 0 Å². The molecule has 3 nitrogen and oxygen atoms in total. The molecule has 5 aromatic rings. The summed E-state index contributed by atoms with van der Waals surface area (Å²) >= 11 is 6.30. The van der Waals surface area contributed by atoms with E-state index in [0.717, 1.165) is 33.2 Å². The zero-order valence-electron chi connectivity index (χ0n) is 19.2. The molecule has 0 saturated heterocycles. The van der Waals surface area contributed by atoms with E-state index in [1.54, 1.807) is 0 Å². The van der Waals surface area contributed by atoms with Crippen molar-refractivity contribution >= 4 is 28.3 Å². The highest BCUT2D eigenvalue weighted by molar-refractivity contribution is 6.30. The molecule has 7 rings (SSSR count). The van der Waals surface area contributed by atoms with Crippen LogP contribution in [-0.4, -0.2) is 5.97 Å². The van der Waals surface area contributed by atoms with E-state index in [-0.39, 0.29) is 23.9 Å². The Morgan fingerprint density at radius 3 is 2.11 bits per heavy atom. The number of benzene rings is 5. The lowest BCUT2D eigenvalue weighted by molar-refractivity contribution is 0.0753. The van der Waals surface area contributed by atoms with E-state index < -0.39 is 0 Å². The molecule has 0 N–H and O–H groups in total. The maximum absolute atomic E-state index is 12.6. The molecule has 5 aromatic carbocycles. The summed E-state index contributed by atoms with van der Waals surface area (Å²) in [7, 11) is 0. The fourth-order valence-corrected chi connectivity index (χ4v) is 5.92. The van der Waals surface area contributed by atoms with Gasteiger partial charge < -0.3 is 9.47 Å². The topological polar surface area (TPSA) is 35.5 Å². The van der Waals surface area contributed by atoms with Crippen molar-refractivity contribution in [2.24, 2.45) is 0 Å². The van der Waals surface area contributed by atoms with E-state index in [1.165, 1.54) is 5.56 Å². The summed E-state index contributed by atoms with van der Waals surface area (Å²) in [5.74, 6) is 1.00. The van der Waals surface area contributed by atoms with Crippen LogP contribution < -0.4 is 9.47 Å². The van der Waals surface area contributed by atoms with Crippen LogP contribution in [0, 0.1) is 0 Å². The normalized spacial score (nSPS) is 20.0. The number of ether oxygens (including phenoxy) is 2.